The second-order valence-corrected chi connectivity index (χ2v) is 4.34. The highest BCUT2D eigenvalue weighted by atomic mass is 19.3. The van der Waals surface area contributed by atoms with E-state index in [2.05, 4.69) is 0 Å². The van der Waals surface area contributed by atoms with Gasteiger partial charge in [0, 0.05) is 19.4 Å². The van der Waals surface area contributed by atoms with Crippen LogP contribution in [0.25, 0.3) is 0 Å². The molecule has 0 aromatic rings. The number of rotatable bonds is 2. The summed E-state index contributed by atoms with van der Waals surface area (Å²) in [4.78, 5) is 0. The van der Waals surface area contributed by atoms with Crippen molar-refractivity contribution in [2.45, 2.75) is 38.0 Å². The van der Waals surface area contributed by atoms with Gasteiger partial charge in [-0.15, -0.1) is 0 Å². The first-order chi connectivity index (χ1) is 5.58. The molecule has 2 aliphatic carbocycles. The van der Waals surface area contributed by atoms with Gasteiger partial charge in [0.05, 0.1) is 0 Å². The van der Waals surface area contributed by atoms with E-state index in [1.54, 1.807) is 0 Å². The van der Waals surface area contributed by atoms with Gasteiger partial charge < -0.3 is 5.11 Å². The molecule has 0 radical (unpaired) electrons. The van der Waals surface area contributed by atoms with Crippen molar-refractivity contribution in [2.24, 2.45) is 11.3 Å². The molecule has 2 rings (SSSR count). The standard InChI is InChI=1S/C9H14F2O/c10-9(11)4-7(5-9)8(6-12)2-1-3-8/h7,12H,1-6H2. The Kier molecular flexibility index (Phi) is 1.69. The topological polar surface area (TPSA) is 20.2 Å². The minimum Gasteiger partial charge on any atom is -0.396 e. The van der Waals surface area contributed by atoms with Crippen LogP contribution in [0.15, 0.2) is 0 Å². The van der Waals surface area contributed by atoms with Crippen LogP contribution in [-0.4, -0.2) is 17.6 Å². The first-order valence-electron chi connectivity index (χ1n) is 4.57. The van der Waals surface area contributed by atoms with Gasteiger partial charge in [-0.1, -0.05) is 6.42 Å². The zero-order chi connectivity index (χ0) is 8.82. The molecule has 1 N–H and O–H groups in total. The van der Waals surface area contributed by atoms with Crippen molar-refractivity contribution < 1.29 is 13.9 Å². The second kappa shape index (κ2) is 2.41. The van der Waals surface area contributed by atoms with E-state index in [1.807, 2.05) is 0 Å². The predicted octanol–water partition coefficient (Wildman–Crippen LogP) is 2.19. The average molecular weight is 176 g/mol. The fraction of sp³-hybridized carbons (Fsp3) is 1.00. The monoisotopic (exact) mass is 176 g/mol. The average Bonchev–Trinajstić information content (AvgIpc) is 1.82. The molecule has 0 heterocycles. The van der Waals surface area contributed by atoms with Gasteiger partial charge in [-0.25, -0.2) is 8.78 Å². The molecule has 12 heavy (non-hydrogen) atoms. The summed E-state index contributed by atoms with van der Waals surface area (Å²) in [5.74, 6) is -2.34. The van der Waals surface area contributed by atoms with Gasteiger partial charge >= 0.3 is 0 Å². The van der Waals surface area contributed by atoms with Crippen molar-refractivity contribution >= 4 is 0 Å². The largest absolute Gasteiger partial charge is 0.396 e. The lowest BCUT2D eigenvalue weighted by Gasteiger charge is -2.53. The lowest BCUT2D eigenvalue weighted by molar-refractivity contribution is -0.176. The van der Waals surface area contributed by atoms with E-state index in [0.717, 1.165) is 19.3 Å². The maximum absolute atomic E-state index is 12.5. The first-order valence-corrected chi connectivity index (χ1v) is 4.57. The van der Waals surface area contributed by atoms with E-state index in [1.165, 1.54) is 0 Å². The van der Waals surface area contributed by atoms with Gasteiger partial charge in [0.25, 0.3) is 0 Å². The zero-order valence-corrected chi connectivity index (χ0v) is 7.02. The first kappa shape index (κ1) is 8.42. The van der Waals surface area contributed by atoms with Crippen LogP contribution in [0, 0.1) is 11.3 Å². The Labute approximate surface area is 70.8 Å². The number of aliphatic hydroxyl groups is 1. The Morgan fingerprint density at radius 2 is 1.83 bits per heavy atom. The molecule has 70 valence electrons. The summed E-state index contributed by atoms with van der Waals surface area (Å²) < 4.78 is 25.1. The molecule has 0 aromatic carbocycles. The van der Waals surface area contributed by atoms with E-state index in [9.17, 15) is 8.78 Å². The summed E-state index contributed by atoms with van der Waals surface area (Å²) in [6.45, 7) is 0.105. The second-order valence-electron chi connectivity index (χ2n) is 4.34. The molecule has 0 bridgehead atoms. The maximum atomic E-state index is 12.5. The third-order valence-electron chi connectivity index (χ3n) is 3.62. The lowest BCUT2D eigenvalue weighted by atomic mass is 9.54. The summed E-state index contributed by atoms with van der Waals surface area (Å²) in [6, 6.07) is 0. The van der Waals surface area contributed by atoms with Crippen molar-refractivity contribution in [1.82, 2.24) is 0 Å². The number of alkyl halides is 2. The van der Waals surface area contributed by atoms with E-state index in [0.29, 0.717) is 0 Å². The van der Waals surface area contributed by atoms with E-state index < -0.39 is 5.92 Å². The van der Waals surface area contributed by atoms with Gasteiger partial charge in [0.15, 0.2) is 0 Å². The Hall–Kier alpha value is -0.180. The Bertz CT molecular complexity index is 173. The number of hydrogen-bond acceptors (Lipinski definition) is 1. The van der Waals surface area contributed by atoms with Crippen LogP contribution < -0.4 is 0 Å². The quantitative estimate of drug-likeness (QED) is 0.683. The van der Waals surface area contributed by atoms with Crippen molar-refractivity contribution in [3.05, 3.63) is 0 Å². The molecule has 0 unspecified atom stereocenters. The summed E-state index contributed by atoms with van der Waals surface area (Å²) in [7, 11) is 0. The molecule has 1 nitrogen and oxygen atoms in total. The minimum absolute atomic E-state index is 0.00750. The van der Waals surface area contributed by atoms with Gasteiger partial charge in [-0.2, -0.15) is 0 Å². The zero-order valence-electron chi connectivity index (χ0n) is 7.02. The van der Waals surface area contributed by atoms with Crippen LogP contribution in [0.2, 0.25) is 0 Å². The minimum atomic E-state index is -2.43. The van der Waals surface area contributed by atoms with E-state index >= 15 is 0 Å². The smallest absolute Gasteiger partial charge is 0.248 e. The highest BCUT2D eigenvalue weighted by Gasteiger charge is 2.56. The lowest BCUT2D eigenvalue weighted by Crippen LogP contribution is -2.51. The van der Waals surface area contributed by atoms with Gasteiger partial charge in [-0.3, -0.25) is 0 Å². The molecule has 3 heteroatoms. The van der Waals surface area contributed by atoms with Crippen LogP contribution in [0.5, 0.6) is 0 Å². The van der Waals surface area contributed by atoms with Crippen molar-refractivity contribution in [1.29, 1.82) is 0 Å². The highest BCUT2D eigenvalue weighted by molar-refractivity contribution is 5.01. The van der Waals surface area contributed by atoms with Crippen molar-refractivity contribution in [3.8, 4) is 0 Å². The summed E-state index contributed by atoms with van der Waals surface area (Å²) in [5.41, 5.74) is -0.109. The molecule has 2 aliphatic rings. The molecular weight excluding hydrogens is 162 g/mol. The fourth-order valence-corrected chi connectivity index (χ4v) is 2.42. The van der Waals surface area contributed by atoms with Crippen LogP contribution in [-0.2, 0) is 0 Å². The SMILES string of the molecule is OCC1(C2CC(F)(F)C2)CCC1. The Morgan fingerprint density at radius 1 is 1.25 bits per heavy atom. The molecule has 0 amide bonds. The number of hydrogen-bond donors (Lipinski definition) is 1. The normalized spacial score (nSPS) is 32.2. The maximum Gasteiger partial charge on any atom is 0.248 e. The molecule has 0 saturated heterocycles. The van der Waals surface area contributed by atoms with Gasteiger partial charge in [0.2, 0.25) is 5.92 Å². The summed E-state index contributed by atoms with van der Waals surface area (Å²) in [6.07, 6.45) is 3.01. The van der Waals surface area contributed by atoms with Crippen LogP contribution in [0.1, 0.15) is 32.1 Å². The van der Waals surface area contributed by atoms with Crippen LogP contribution in [0.4, 0.5) is 8.78 Å². The van der Waals surface area contributed by atoms with Crippen LogP contribution >= 0.6 is 0 Å². The highest BCUT2D eigenvalue weighted by Crippen LogP contribution is 2.58. The third-order valence-corrected chi connectivity index (χ3v) is 3.62. The third kappa shape index (κ3) is 1.06. The predicted molar refractivity (Wildman–Crippen MR) is 41.0 cm³/mol. The summed E-state index contributed by atoms with van der Waals surface area (Å²) in [5, 5.41) is 9.10. The number of aliphatic hydroxyl groups excluding tert-OH is 1. The van der Waals surface area contributed by atoms with Crippen molar-refractivity contribution in [3.63, 3.8) is 0 Å². The molecule has 2 fully saturated rings. The molecule has 0 aromatic heterocycles. The Morgan fingerprint density at radius 3 is 2.08 bits per heavy atom. The van der Waals surface area contributed by atoms with Gasteiger partial charge in [0.1, 0.15) is 0 Å². The molecule has 0 atom stereocenters. The van der Waals surface area contributed by atoms with E-state index in [-0.39, 0.29) is 30.8 Å². The molecule has 0 spiro atoms. The molecule has 2 saturated carbocycles. The summed E-state index contributed by atoms with van der Waals surface area (Å²) >= 11 is 0. The van der Waals surface area contributed by atoms with Crippen molar-refractivity contribution in [2.75, 3.05) is 6.61 Å². The van der Waals surface area contributed by atoms with E-state index in [4.69, 9.17) is 5.11 Å². The number of halogens is 2. The fourth-order valence-electron chi connectivity index (χ4n) is 2.42. The van der Waals surface area contributed by atoms with Gasteiger partial charge in [-0.05, 0) is 24.2 Å². The molecular formula is C9H14F2O. The van der Waals surface area contributed by atoms with Crippen LogP contribution in [0.3, 0.4) is 0 Å². The molecule has 0 aliphatic heterocycles. The Balaban J connectivity index is 1.94.